The molecule has 2 heterocycles. The van der Waals surface area contributed by atoms with Crippen molar-refractivity contribution in [2.75, 3.05) is 31.8 Å². The molecule has 0 bridgehead atoms. The van der Waals surface area contributed by atoms with Crippen molar-refractivity contribution in [3.05, 3.63) is 81.8 Å². The van der Waals surface area contributed by atoms with Crippen molar-refractivity contribution in [1.29, 1.82) is 5.26 Å². The largest absolute Gasteiger partial charge is 0.444 e. The number of aromatic nitrogens is 1. The highest BCUT2D eigenvalue weighted by Gasteiger charge is 2.37. The molecule has 1 aliphatic rings. The topological polar surface area (TPSA) is 94.3 Å². The molecule has 11 heteroatoms. The van der Waals surface area contributed by atoms with Crippen LogP contribution in [0.5, 0.6) is 0 Å². The lowest BCUT2D eigenvalue weighted by molar-refractivity contribution is -0.0855. The number of ether oxygens (including phenoxy) is 2. The Morgan fingerprint density at radius 3 is 2.47 bits per heavy atom. The number of anilines is 1. The first-order chi connectivity index (χ1) is 20.3. The van der Waals surface area contributed by atoms with Gasteiger partial charge in [-0.15, -0.1) is 0 Å². The van der Waals surface area contributed by atoms with E-state index in [0.29, 0.717) is 53.0 Å². The second-order valence-electron chi connectivity index (χ2n) is 11.4. The Morgan fingerprint density at radius 1 is 1.26 bits per heavy atom. The van der Waals surface area contributed by atoms with E-state index >= 15 is 0 Å². The van der Waals surface area contributed by atoms with Crippen LogP contribution in [0, 0.1) is 11.3 Å². The molecule has 1 saturated heterocycles. The molecule has 230 valence electrons. The predicted molar refractivity (Wildman–Crippen MR) is 172 cm³/mol. The van der Waals surface area contributed by atoms with Crippen LogP contribution >= 0.6 is 23.2 Å². The van der Waals surface area contributed by atoms with Crippen LogP contribution in [-0.4, -0.2) is 72.2 Å². The summed E-state index contributed by atoms with van der Waals surface area (Å²) >= 11 is 12.6. The minimum absolute atomic E-state index is 0.0533. The number of benzene rings is 1. The fourth-order valence-electron chi connectivity index (χ4n) is 5.13. The molecule has 0 aliphatic carbocycles. The molecule has 0 radical (unpaired) electrons. The average Bonchev–Trinajstić information content (AvgIpc) is 2.94. The number of carbonyl (C=O) groups is 1. The van der Waals surface area contributed by atoms with E-state index in [-0.39, 0.29) is 18.1 Å². The zero-order valence-corrected chi connectivity index (χ0v) is 27.2. The molecule has 3 atom stereocenters. The summed E-state index contributed by atoms with van der Waals surface area (Å²) in [6.07, 6.45) is 5.17. The Kier molecular flexibility index (Phi) is 11.8. The van der Waals surface area contributed by atoms with Crippen LogP contribution in [0.3, 0.4) is 0 Å². The van der Waals surface area contributed by atoms with Gasteiger partial charge in [-0.3, -0.25) is 9.88 Å². The second kappa shape index (κ2) is 14.8. The molecule has 1 aromatic carbocycles. The second-order valence-corrected chi connectivity index (χ2v) is 12.2. The molecule has 1 aromatic heterocycles. The van der Waals surface area contributed by atoms with Gasteiger partial charge in [-0.05, 0) is 69.5 Å². The Hall–Kier alpha value is -3.42. The van der Waals surface area contributed by atoms with Crippen LogP contribution in [0.25, 0.3) is 0 Å². The Morgan fingerprint density at radius 2 is 1.93 bits per heavy atom. The minimum atomic E-state index is -0.579. The summed E-state index contributed by atoms with van der Waals surface area (Å²) in [5.41, 5.74) is 2.74. The van der Waals surface area contributed by atoms with Gasteiger partial charge in [0.05, 0.1) is 16.9 Å². The van der Waals surface area contributed by atoms with E-state index in [1.165, 1.54) is 6.20 Å². The van der Waals surface area contributed by atoms with Crippen molar-refractivity contribution in [3.8, 4) is 6.07 Å². The standard InChI is InChI=1S/C32H40Cl2N6O3/c1-9-24(22(3)40(36-7)28-15-26(33)14-27(34)16-28)13-29(25-12-23(17-35)18-37-19-25)30(42-8)39-11-10-38(20-21(39)2)31(41)43-32(4,5)6/h12-16,18-19,21,29-30H,3,7,9-11,20H2,1-2,4-6,8H3/b24-13+. The third-order valence-corrected chi connectivity index (χ3v) is 7.54. The number of halogens is 2. The molecule has 3 rings (SSSR count). The number of rotatable bonds is 10. The Labute approximate surface area is 265 Å². The summed E-state index contributed by atoms with van der Waals surface area (Å²) in [7, 11) is 1.66. The summed E-state index contributed by atoms with van der Waals surface area (Å²) < 4.78 is 11.8. The lowest BCUT2D eigenvalue weighted by Crippen LogP contribution is -2.58. The molecule has 0 spiro atoms. The van der Waals surface area contributed by atoms with Crippen molar-refractivity contribution in [2.45, 2.75) is 64.8 Å². The Bertz CT molecular complexity index is 1380. The van der Waals surface area contributed by atoms with Crippen LogP contribution in [0.4, 0.5) is 10.5 Å². The van der Waals surface area contributed by atoms with E-state index in [0.717, 1.165) is 11.1 Å². The SMILES string of the molecule is C=NN(C(=C)/C(=C/C(c1cncc(C#N)c1)C(OC)N1CCN(C(=O)OC(C)(C)C)CC1C)CC)c1cc(Cl)cc(Cl)c1. The third-order valence-electron chi connectivity index (χ3n) is 7.10. The molecule has 3 unspecified atom stereocenters. The van der Waals surface area contributed by atoms with Gasteiger partial charge in [0.2, 0.25) is 0 Å². The van der Waals surface area contributed by atoms with Gasteiger partial charge in [0.25, 0.3) is 0 Å². The number of amides is 1. The van der Waals surface area contributed by atoms with Gasteiger partial charge in [-0.2, -0.15) is 10.4 Å². The van der Waals surface area contributed by atoms with Gasteiger partial charge in [0, 0.05) is 67.9 Å². The average molecular weight is 628 g/mol. The summed E-state index contributed by atoms with van der Waals surface area (Å²) in [4.78, 5) is 21.1. The van der Waals surface area contributed by atoms with E-state index in [2.05, 4.69) is 47.4 Å². The normalized spacial score (nSPS) is 17.5. The quantitative estimate of drug-likeness (QED) is 0.156. The van der Waals surface area contributed by atoms with Gasteiger partial charge in [0.15, 0.2) is 0 Å². The molecule has 43 heavy (non-hydrogen) atoms. The number of allylic oxidation sites excluding steroid dienone is 1. The van der Waals surface area contributed by atoms with Crippen molar-refractivity contribution >= 4 is 41.7 Å². The summed E-state index contributed by atoms with van der Waals surface area (Å²) in [5.74, 6) is -0.359. The van der Waals surface area contributed by atoms with Crippen LogP contribution in [0.2, 0.25) is 10.0 Å². The first kappa shape index (κ1) is 34.1. The maximum atomic E-state index is 12.8. The summed E-state index contributed by atoms with van der Waals surface area (Å²) in [5, 5.41) is 16.4. The molecular formula is C32H40Cl2N6O3. The van der Waals surface area contributed by atoms with Crippen molar-refractivity contribution in [1.82, 2.24) is 14.8 Å². The van der Waals surface area contributed by atoms with E-state index in [1.807, 2.05) is 33.8 Å². The summed E-state index contributed by atoms with van der Waals surface area (Å²) in [6.45, 7) is 19.2. The minimum Gasteiger partial charge on any atom is -0.444 e. The molecule has 0 saturated carbocycles. The maximum Gasteiger partial charge on any atom is 0.410 e. The number of carbonyl (C=O) groups excluding carboxylic acids is 1. The van der Waals surface area contributed by atoms with E-state index < -0.39 is 11.8 Å². The van der Waals surface area contributed by atoms with E-state index in [9.17, 15) is 10.1 Å². The van der Waals surface area contributed by atoms with Crippen molar-refractivity contribution < 1.29 is 14.3 Å². The first-order valence-corrected chi connectivity index (χ1v) is 14.8. The maximum absolute atomic E-state index is 12.8. The predicted octanol–water partition coefficient (Wildman–Crippen LogP) is 7.23. The molecule has 9 nitrogen and oxygen atoms in total. The zero-order valence-electron chi connectivity index (χ0n) is 25.7. The van der Waals surface area contributed by atoms with Gasteiger partial charge >= 0.3 is 6.09 Å². The summed E-state index contributed by atoms with van der Waals surface area (Å²) in [6, 6.07) is 9.07. The van der Waals surface area contributed by atoms with Gasteiger partial charge in [-0.1, -0.05) is 42.8 Å². The van der Waals surface area contributed by atoms with Crippen LogP contribution in [0.1, 0.15) is 58.1 Å². The Balaban J connectivity index is 2.02. The molecular weight excluding hydrogens is 587 g/mol. The van der Waals surface area contributed by atoms with Gasteiger partial charge < -0.3 is 14.4 Å². The van der Waals surface area contributed by atoms with Crippen LogP contribution in [-0.2, 0) is 9.47 Å². The number of hydrogen-bond donors (Lipinski definition) is 0. The lowest BCUT2D eigenvalue weighted by atomic mass is 9.91. The molecule has 1 amide bonds. The van der Waals surface area contributed by atoms with Gasteiger partial charge in [0.1, 0.15) is 17.9 Å². The molecule has 1 aliphatic heterocycles. The molecule has 0 N–H and O–H groups in total. The third kappa shape index (κ3) is 8.80. The van der Waals surface area contributed by atoms with Gasteiger partial charge in [-0.25, -0.2) is 9.80 Å². The number of piperazine rings is 1. The van der Waals surface area contributed by atoms with Crippen molar-refractivity contribution in [2.24, 2.45) is 5.10 Å². The lowest BCUT2D eigenvalue weighted by Gasteiger charge is -2.45. The molecule has 1 fully saturated rings. The van der Waals surface area contributed by atoms with E-state index in [4.69, 9.17) is 32.7 Å². The fraction of sp³-hybridized carbons (Fsp3) is 0.438. The zero-order chi connectivity index (χ0) is 31.9. The number of pyridine rings is 1. The number of nitrogens with zero attached hydrogens (tertiary/aromatic N) is 6. The smallest absolute Gasteiger partial charge is 0.410 e. The highest BCUT2D eigenvalue weighted by Crippen LogP contribution is 2.35. The first-order valence-electron chi connectivity index (χ1n) is 14.1. The molecule has 2 aromatic rings. The monoisotopic (exact) mass is 626 g/mol. The number of hydrogen-bond acceptors (Lipinski definition) is 8. The van der Waals surface area contributed by atoms with Crippen molar-refractivity contribution in [3.63, 3.8) is 0 Å². The number of methoxy groups -OCH3 is 1. The van der Waals surface area contributed by atoms with E-state index in [1.54, 1.807) is 41.4 Å². The number of nitriles is 1. The number of hydrazone groups is 1. The highest BCUT2D eigenvalue weighted by atomic mass is 35.5. The van der Waals surface area contributed by atoms with Crippen LogP contribution in [0.15, 0.2) is 65.7 Å². The highest BCUT2D eigenvalue weighted by molar-refractivity contribution is 6.35. The van der Waals surface area contributed by atoms with Crippen LogP contribution < -0.4 is 5.01 Å². The fourth-order valence-corrected chi connectivity index (χ4v) is 5.64.